The minimum absolute atomic E-state index is 0.0195. The van der Waals surface area contributed by atoms with E-state index in [0.29, 0.717) is 25.1 Å². The molecular weight excluding hydrogens is 218 g/mol. The first-order valence-corrected chi connectivity index (χ1v) is 5.65. The van der Waals surface area contributed by atoms with E-state index in [1.54, 1.807) is 6.20 Å². The molecule has 1 aromatic rings. The van der Waals surface area contributed by atoms with Crippen LogP contribution >= 0.6 is 0 Å². The highest BCUT2D eigenvalue weighted by Gasteiger charge is 2.24. The lowest BCUT2D eigenvalue weighted by Gasteiger charge is -2.21. The van der Waals surface area contributed by atoms with E-state index in [1.807, 2.05) is 19.1 Å². The molecule has 17 heavy (non-hydrogen) atoms. The Balaban J connectivity index is 1.92. The van der Waals surface area contributed by atoms with Gasteiger partial charge in [-0.15, -0.1) is 0 Å². The van der Waals surface area contributed by atoms with Gasteiger partial charge >= 0.3 is 0 Å². The quantitative estimate of drug-likeness (QED) is 0.795. The number of pyridine rings is 1. The maximum atomic E-state index is 11.9. The first-order valence-electron chi connectivity index (χ1n) is 5.65. The van der Waals surface area contributed by atoms with Gasteiger partial charge in [-0.2, -0.15) is 0 Å². The van der Waals surface area contributed by atoms with E-state index < -0.39 is 0 Å². The van der Waals surface area contributed by atoms with Crippen LogP contribution in [0.25, 0.3) is 0 Å². The molecule has 1 saturated heterocycles. The Morgan fingerprint density at radius 3 is 2.94 bits per heavy atom. The van der Waals surface area contributed by atoms with Crippen molar-refractivity contribution in [1.82, 2.24) is 10.3 Å². The zero-order valence-electron chi connectivity index (χ0n) is 9.69. The van der Waals surface area contributed by atoms with Crippen LogP contribution in [0.1, 0.15) is 18.5 Å². The fraction of sp³-hybridized carbons (Fsp3) is 0.417. The number of nitrogens with zero attached hydrogens (tertiary/aromatic N) is 1. The minimum atomic E-state index is -0.144. The predicted octanol–water partition coefficient (Wildman–Crippen LogP) is 0.855. The topological polar surface area (TPSA) is 71.1 Å². The second-order valence-electron chi connectivity index (χ2n) is 4.22. The first kappa shape index (κ1) is 11.6. The number of aryl methyl sites for hydroxylation is 1. The van der Waals surface area contributed by atoms with Crippen molar-refractivity contribution in [2.24, 2.45) is 5.92 Å². The Kier molecular flexibility index (Phi) is 3.37. The largest absolute Gasteiger partial charge is 0.355 e. The molecular formula is C12H15N3O2. The molecule has 5 nitrogen and oxygen atoms in total. The summed E-state index contributed by atoms with van der Waals surface area (Å²) < 4.78 is 0. The third kappa shape index (κ3) is 3.03. The van der Waals surface area contributed by atoms with Gasteiger partial charge in [-0.1, -0.05) is 0 Å². The second kappa shape index (κ2) is 4.95. The normalized spacial score (nSPS) is 19.6. The molecule has 0 saturated carbocycles. The summed E-state index contributed by atoms with van der Waals surface area (Å²) in [6, 6.07) is 3.67. The van der Waals surface area contributed by atoms with Gasteiger partial charge < -0.3 is 10.6 Å². The third-order valence-corrected chi connectivity index (χ3v) is 2.82. The van der Waals surface area contributed by atoms with Gasteiger partial charge in [0.05, 0.1) is 17.8 Å². The van der Waals surface area contributed by atoms with E-state index in [4.69, 9.17) is 0 Å². The molecule has 0 bridgehead atoms. The van der Waals surface area contributed by atoms with E-state index in [9.17, 15) is 9.59 Å². The Morgan fingerprint density at radius 2 is 2.35 bits per heavy atom. The van der Waals surface area contributed by atoms with Crippen molar-refractivity contribution in [1.29, 1.82) is 0 Å². The molecule has 1 aromatic heterocycles. The molecule has 2 N–H and O–H groups in total. The van der Waals surface area contributed by atoms with Crippen LogP contribution in [0, 0.1) is 12.8 Å². The Labute approximate surface area is 99.6 Å². The predicted molar refractivity (Wildman–Crippen MR) is 63.3 cm³/mol. The molecule has 0 aromatic carbocycles. The van der Waals surface area contributed by atoms with Gasteiger partial charge in [0.2, 0.25) is 11.8 Å². The summed E-state index contributed by atoms with van der Waals surface area (Å²) in [7, 11) is 0. The molecule has 1 fully saturated rings. The lowest BCUT2D eigenvalue weighted by Crippen LogP contribution is -2.40. The third-order valence-electron chi connectivity index (χ3n) is 2.82. The Morgan fingerprint density at radius 1 is 1.53 bits per heavy atom. The van der Waals surface area contributed by atoms with Crippen LogP contribution in [-0.4, -0.2) is 23.3 Å². The van der Waals surface area contributed by atoms with Crippen LogP contribution in [0.3, 0.4) is 0 Å². The summed E-state index contributed by atoms with van der Waals surface area (Å²) in [5, 5.41) is 5.49. The van der Waals surface area contributed by atoms with Crippen LogP contribution in [0.5, 0.6) is 0 Å². The summed E-state index contributed by atoms with van der Waals surface area (Å²) in [6.45, 7) is 2.31. The highest BCUT2D eigenvalue weighted by molar-refractivity contribution is 5.93. The van der Waals surface area contributed by atoms with Crippen LogP contribution in [0.15, 0.2) is 18.3 Å². The number of rotatable bonds is 2. The SMILES string of the molecule is Cc1ccc(NC(=O)C2CCC(=O)NC2)cn1. The van der Waals surface area contributed by atoms with E-state index >= 15 is 0 Å². The zero-order valence-corrected chi connectivity index (χ0v) is 9.69. The van der Waals surface area contributed by atoms with Crippen LogP contribution in [-0.2, 0) is 9.59 Å². The summed E-state index contributed by atoms with van der Waals surface area (Å²) in [5.74, 6) is -0.185. The number of piperidine rings is 1. The monoisotopic (exact) mass is 233 g/mol. The van der Waals surface area contributed by atoms with Crippen LogP contribution in [0.2, 0.25) is 0 Å². The molecule has 1 aliphatic heterocycles. The van der Waals surface area contributed by atoms with Gasteiger partial charge in [-0.05, 0) is 25.5 Å². The first-order chi connectivity index (χ1) is 8.15. The van der Waals surface area contributed by atoms with Gasteiger partial charge in [-0.25, -0.2) is 0 Å². The number of hydrogen-bond acceptors (Lipinski definition) is 3. The van der Waals surface area contributed by atoms with E-state index in [1.165, 1.54) is 0 Å². The molecule has 0 aliphatic carbocycles. The molecule has 5 heteroatoms. The number of hydrogen-bond donors (Lipinski definition) is 2. The van der Waals surface area contributed by atoms with Crippen molar-refractivity contribution in [3.05, 3.63) is 24.0 Å². The van der Waals surface area contributed by atoms with Crippen molar-refractivity contribution in [2.75, 3.05) is 11.9 Å². The lowest BCUT2D eigenvalue weighted by molar-refractivity contribution is -0.126. The van der Waals surface area contributed by atoms with Crippen LogP contribution in [0.4, 0.5) is 5.69 Å². The number of carbonyl (C=O) groups excluding carboxylic acids is 2. The fourth-order valence-corrected chi connectivity index (χ4v) is 1.74. The highest BCUT2D eigenvalue weighted by Crippen LogP contribution is 2.14. The van der Waals surface area contributed by atoms with Crippen molar-refractivity contribution in [3.8, 4) is 0 Å². The molecule has 2 heterocycles. The van der Waals surface area contributed by atoms with Crippen molar-refractivity contribution in [3.63, 3.8) is 0 Å². The second-order valence-corrected chi connectivity index (χ2v) is 4.22. The summed E-state index contributed by atoms with van der Waals surface area (Å²) in [4.78, 5) is 26.9. The number of carbonyl (C=O) groups is 2. The molecule has 0 radical (unpaired) electrons. The molecule has 1 aliphatic rings. The Hall–Kier alpha value is -1.91. The standard InChI is InChI=1S/C12H15N3O2/c1-8-2-4-10(7-13-8)15-12(17)9-3-5-11(16)14-6-9/h2,4,7,9H,3,5-6H2,1H3,(H,14,16)(H,15,17). The molecule has 90 valence electrons. The van der Waals surface area contributed by atoms with Gasteiger partial charge in [0.1, 0.15) is 0 Å². The number of aromatic nitrogens is 1. The number of anilines is 1. The van der Waals surface area contributed by atoms with Crippen LogP contribution < -0.4 is 10.6 Å². The van der Waals surface area contributed by atoms with Crippen molar-refractivity contribution < 1.29 is 9.59 Å². The maximum absolute atomic E-state index is 11.9. The van der Waals surface area contributed by atoms with E-state index in [2.05, 4.69) is 15.6 Å². The van der Waals surface area contributed by atoms with Crippen molar-refractivity contribution >= 4 is 17.5 Å². The zero-order chi connectivity index (χ0) is 12.3. The number of nitrogens with one attached hydrogen (secondary N) is 2. The highest BCUT2D eigenvalue weighted by atomic mass is 16.2. The summed E-state index contributed by atoms with van der Waals surface area (Å²) >= 11 is 0. The lowest BCUT2D eigenvalue weighted by atomic mass is 9.98. The van der Waals surface area contributed by atoms with Crippen molar-refractivity contribution in [2.45, 2.75) is 19.8 Å². The average molecular weight is 233 g/mol. The minimum Gasteiger partial charge on any atom is -0.355 e. The fourth-order valence-electron chi connectivity index (χ4n) is 1.74. The molecule has 2 amide bonds. The van der Waals surface area contributed by atoms with Gasteiger partial charge in [-0.3, -0.25) is 14.6 Å². The maximum Gasteiger partial charge on any atom is 0.229 e. The van der Waals surface area contributed by atoms with Gasteiger partial charge in [0.15, 0.2) is 0 Å². The smallest absolute Gasteiger partial charge is 0.229 e. The van der Waals surface area contributed by atoms with Gasteiger partial charge in [0, 0.05) is 18.7 Å². The van der Waals surface area contributed by atoms with Gasteiger partial charge in [0.25, 0.3) is 0 Å². The summed E-state index contributed by atoms with van der Waals surface area (Å²) in [6.07, 6.45) is 2.66. The molecule has 1 atom stereocenters. The average Bonchev–Trinajstić information content (AvgIpc) is 2.33. The van der Waals surface area contributed by atoms with E-state index in [0.717, 1.165) is 5.69 Å². The Bertz CT molecular complexity index is 418. The molecule has 2 rings (SSSR count). The van der Waals surface area contributed by atoms with E-state index in [-0.39, 0.29) is 17.7 Å². The molecule has 1 unspecified atom stereocenters. The number of amides is 2. The summed E-state index contributed by atoms with van der Waals surface area (Å²) in [5.41, 5.74) is 1.60. The molecule has 0 spiro atoms.